The molecular weight excluding hydrogens is 341 g/mol. The maximum Gasteiger partial charge on any atom is 1.00 e. The predicted octanol–water partition coefficient (Wildman–Crippen LogP) is -3.22. The molecule has 2 aliphatic rings. The predicted molar refractivity (Wildman–Crippen MR) is 80.2 cm³/mol. The van der Waals surface area contributed by atoms with Crippen molar-refractivity contribution >= 4 is 33.6 Å². The number of carbonyl (C=O) groups is 2. The molecule has 9 heteroatoms. The van der Waals surface area contributed by atoms with E-state index in [1.165, 1.54) is 16.2 Å². The standard InChI is InChI=1S/C15H15N3O4S.Na/c1-6-14-17(5-16-6)4-10(23-14)8-3-9-11(7(2)19)13(20)18(9)12(8)15(21)22;/h4-5,7,9,11,19H,3H2,1-2H3,(H,21,22);/q;+1/p-1/t7-,9-,11-;/m1./s1. The molecule has 3 atom stereocenters. The number of fused-ring (bicyclic) bond motifs is 2. The summed E-state index contributed by atoms with van der Waals surface area (Å²) in [5.74, 6) is -2.25. The van der Waals surface area contributed by atoms with Crippen molar-refractivity contribution in [2.75, 3.05) is 0 Å². The maximum atomic E-state index is 12.2. The molecule has 2 aliphatic heterocycles. The van der Waals surface area contributed by atoms with Crippen LogP contribution in [0.25, 0.3) is 10.4 Å². The summed E-state index contributed by atoms with van der Waals surface area (Å²) in [5.41, 5.74) is 1.41. The molecule has 0 aromatic carbocycles. The Labute approximate surface area is 163 Å². The third kappa shape index (κ3) is 2.28. The first kappa shape index (κ1) is 17.6. The number of aromatic nitrogens is 2. The van der Waals surface area contributed by atoms with Gasteiger partial charge in [-0.25, -0.2) is 4.98 Å². The average molecular weight is 355 g/mol. The summed E-state index contributed by atoms with van der Waals surface area (Å²) in [6.45, 7) is 3.44. The third-order valence-corrected chi connectivity index (χ3v) is 5.87. The van der Waals surface area contributed by atoms with Crippen molar-refractivity contribution in [3.8, 4) is 0 Å². The number of amides is 1. The molecule has 4 heterocycles. The molecular formula is C15H14N3NaO4S. The van der Waals surface area contributed by atoms with Gasteiger partial charge in [-0.1, -0.05) is 0 Å². The zero-order valence-electron chi connectivity index (χ0n) is 13.5. The van der Waals surface area contributed by atoms with E-state index in [0.717, 1.165) is 15.4 Å². The van der Waals surface area contributed by atoms with E-state index in [1.807, 2.05) is 17.5 Å². The Morgan fingerprint density at radius 1 is 1.54 bits per heavy atom. The number of nitrogens with zero attached hydrogens (tertiary/aromatic N) is 3. The van der Waals surface area contributed by atoms with Crippen LogP contribution in [-0.4, -0.2) is 43.4 Å². The second kappa shape index (κ2) is 5.96. The van der Waals surface area contributed by atoms with Crippen LogP contribution in [0.5, 0.6) is 0 Å². The molecule has 0 spiro atoms. The first-order chi connectivity index (χ1) is 10.9. The molecule has 0 radical (unpaired) electrons. The number of aliphatic hydroxyl groups is 1. The zero-order valence-corrected chi connectivity index (χ0v) is 16.3. The minimum Gasteiger partial charge on any atom is -0.543 e. The van der Waals surface area contributed by atoms with E-state index >= 15 is 0 Å². The van der Waals surface area contributed by atoms with Crippen LogP contribution in [0.4, 0.5) is 0 Å². The first-order valence-electron chi connectivity index (χ1n) is 7.29. The normalized spacial score (nSPS) is 24.0. The van der Waals surface area contributed by atoms with E-state index in [-0.39, 0.29) is 47.2 Å². The van der Waals surface area contributed by atoms with Crippen LogP contribution in [0, 0.1) is 12.8 Å². The number of aliphatic hydroxyl groups excluding tert-OH is 1. The average Bonchev–Trinajstić information content (AvgIpc) is 3.10. The van der Waals surface area contributed by atoms with E-state index < -0.39 is 18.0 Å². The number of aryl methyl sites for hydroxylation is 1. The van der Waals surface area contributed by atoms with Gasteiger partial charge in [0.15, 0.2) is 0 Å². The van der Waals surface area contributed by atoms with Gasteiger partial charge in [-0.3, -0.25) is 9.20 Å². The van der Waals surface area contributed by atoms with E-state index in [9.17, 15) is 19.8 Å². The molecule has 1 fully saturated rings. The van der Waals surface area contributed by atoms with Crippen molar-refractivity contribution in [2.45, 2.75) is 32.4 Å². The van der Waals surface area contributed by atoms with Crippen molar-refractivity contribution in [2.24, 2.45) is 5.92 Å². The molecule has 1 saturated heterocycles. The second-order valence-electron chi connectivity index (χ2n) is 6.00. The van der Waals surface area contributed by atoms with Gasteiger partial charge < -0.3 is 19.9 Å². The molecule has 24 heavy (non-hydrogen) atoms. The number of imidazole rings is 1. The van der Waals surface area contributed by atoms with Crippen LogP contribution in [0.1, 0.15) is 23.9 Å². The molecule has 1 amide bonds. The van der Waals surface area contributed by atoms with E-state index in [2.05, 4.69) is 4.98 Å². The Kier molecular flexibility index (Phi) is 4.38. The summed E-state index contributed by atoms with van der Waals surface area (Å²) >= 11 is 1.44. The quantitative estimate of drug-likeness (QED) is 0.461. The number of thiazole rings is 1. The number of hydrogen-bond donors (Lipinski definition) is 1. The van der Waals surface area contributed by atoms with Gasteiger partial charge in [0, 0.05) is 6.20 Å². The smallest absolute Gasteiger partial charge is 0.543 e. The summed E-state index contributed by atoms with van der Waals surface area (Å²) < 4.78 is 1.85. The Morgan fingerprint density at radius 2 is 2.25 bits per heavy atom. The van der Waals surface area contributed by atoms with E-state index in [0.29, 0.717) is 12.0 Å². The summed E-state index contributed by atoms with van der Waals surface area (Å²) in [4.78, 5) is 31.0. The molecule has 4 rings (SSSR count). The molecule has 120 valence electrons. The molecule has 1 N–H and O–H groups in total. The van der Waals surface area contributed by atoms with E-state index in [1.54, 1.807) is 13.3 Å². The van der Waals surface area contributed by atoms with Crippen LogP contribution in [-0.2, 0) is 9.59 Å². The summed E-state index contributed by atoms with van der Waals surface area (Å²) in [5, 5.41) is 21.3. The van der Waals surface area contributed by atoms with Crippen LogP contribution in [0.15, 0.2) is 18.2 Å². The van der Waals surface area contributed by atoms with Crippen LogP contribution in [0.2, 0.25) is 0 Å². The molecule has 2 aromatic rings. The van der Waals surface area contributed by atoms with Gasteiger partial charge in [0.1, 0.15) is 11.2 Å². The van der Waals surface area contributed by atoms with Crippen molar-refractivity contribution in [3.05, 3.63) is 28.8 Å². The minimum absolute atomic E-state index is 0. The fraction of sp³-hybridized carbons (Fsp3) is 0.400. The monoisotopic (exact) mass is 355 g/mol. The minimum atomic E-state index is -1.35. The summed E-state index contributed by atoms with van der Waals surface area (Å²) in [6, 6.07) is -0.300. The van der Waals surface area contributed by atoms with Gasteiger partial charge in [-0.15, -0.1) is 11.3 Å². The van der Waals surface area contributed by atoms with Gasteiger partial charge >= 0.3 is 29.6 Å². The molecule has 0 bridgehead atoms. The molecule has 7 nitrogen and oxygen atoms in total. The Hall–Kier alpha value is -1.19. The van der Waals surface area contributed by atoms with Crippen molar-refractivity contribution in [3.63, 3.8) is 0 Å². The number of hydrogen-bond acceptors (Lipinski definition) is 6. The van der Waals surface area contributed by atoms with Crippen molar-refractivity contribution < 1.29 is 49.4 Å². The summed E-state index contributed by atoms with van der Waals surface area (Å²) in [6.07, 6.45) is 3.13. The van der Waals surface area contributed by atoms with Crippen molar-refractivity contribution in [1.29, 1.82) is 0 Å². The van der Waals surface area contributed by atoms with Gasteiger partial charge in [-0.2, -0.15) is 0 Å². The summed E-state index contributed by atoms with van der Waals surface area (Å²) in [7, 11) is 0. The van der Waals surface area contributed by atoms with Gasteiger partial charge in [0.2, 0.25) is 5.91 Å². The third-order valence-electron chi connectivity index (χ3n) is 4.60. The van der Waals surface area contributed by atoms with Crippen LogP contribution < -0.4 is 34.7 Å². The maximum absolute atomic E-state index is 12.2. The molecule has 0 aliphatic carbocycles. The number of aliphatic carboxylic acids is 1. The SMILES string of the molecule is Cc1ncn2cc(C3=C(C(=O)[O-])N4C(=O)[C@H]([C@@H](C)O)[C@H]4C3)sc12.[Na+]. The zero-order chi connectivity index (χ0) is 16.5. The largest absolute Gasteiger partial charge is 1.00 e. The fourth-order valence-electron chi connectivity index (χ4n) is 3.54. The Bertz CT molecular complexity index is 885. The van der Waals surface area contributed by atoms with Gasteiger partial charge in [-0.05, 0) is 25.8 Å². The molecule has 0 saturated carbocycles. The fourth-order valence-corrected chi connectivity index (χ4v) is 4.62. The number of rotatable bonds is 3. The van der Waals surface area contributed by atoms with Gasteiger partial charge in [0.05, 0.1) is 40.3 Å². The topological polar surface area (TPSA) is 98.0 Å². The number of carboxylic acid groups (broad SMARTS) is 1. The van der Waals surface area contributed by atoms with E-state index in [4.69, 9.17) is 0 Å². The number of carbonyl (C=O) groups excluding carboxylic acids is 2. The van der Waals surface area contributed by atoms with Gasteiger partial charge in [0.25, 0.3) is 0 Å². The second-order valence-corrected chi connectivity index (χ2v) is 7.03. The van der Waals surface area contributed by atoms with Crippen LogP contribution in [0.3, 0.4) is 0 Å². The molecule has 0 unspecified atom stereocenters. The van der Waals surface area contributed by atoms with Crippen molar-refractivity contribution in [1.82, 2.24) is 14.3 Å². The number of carboxylic acids is 1. The number of β-lactam (4-membered cyclic amide) rings is 1. The molecule has 2 aromatic heterocycles. The Morgan fingerprint density at radius 3 is 2.83 bits per heavy atom. The first-order valence-corrected chi connectivity index (χ1v) is 8.11. The van der Waals surface area contributed by atoms with Crippen LogP contribution >= 0.6 is 11.3 Å². The Balaban J connectivity index is 0.00000169.